The molecule has 0 unspecified atom stereocenters. The van der Waals surface area contributed by atoms with Crippen molar-refractivity contribution >= 4 is 22.0 Å². The molecule has 1 rings (SSSR count). The predicted molar refractivity (Wildman–Crippen MR) is 62.4 cm³/mol. The number of esters is 1. The van der Waals surface area contributed by atoms with Crippen LogP contribution in [-0.4, -0.2) is 54.7 Å². The molecule has 1 N–H and O–H groups in total. The number of carboxylic acids is 1. The minimum atomic E-state index is -3.72. The highest BCUT2D eigenvalue weighted by molar-refractivity contribution is 7.89. The smallest absolute Gasteiger partial charge is 0.322 e. The maximum atomic E-state index is 11.9. The van der Waals surface area contributed by atoms with Gasteiger partial charge in [0.2, 0.25) is 10.0 Å². The number of hydrogen-bond acceptors (Lipinski definition) is 5. The van der Waals surface area contributed by atoms with Crippen molar-refractivity contribution in [2.75, 3.05) is 18.9 Å². The van der Waals surface area contributed by atoms with Gasteiger partial charge in [0, 0.05) is 6.54 Å². The van der Waals surface area contributed by atoms with E-state index in [1.807, 2.05) is 0 Å². The molecule has 0 saturated carbocycles. The summed E-state index contributed by atoms with van der Waals surface area (Å²) in [6.07, 6.45) is 0.586. The van der Waals surface area contributed by atoms with E-state index < -0.39 is 33.8 Å². The molecule has 0 aliphatic carbocycles. The maximum Gasteiger partial charge on any atom is 0.322 e. The van der Waals surface area contributed by atoms with Gasteiger partial charge in [0.1, 0.15) is 6.04 Å². The number of carbonyl (C=O) groups excluding carboxylic acids is 1. The zero-order valence-corrected chi connectivity index (χ0v) is 11.0. The third kappa shape index (κ3) is 3.67. The Hall–Kier alpha value is -1.15. The second-order valence-electron chi connectivity index (χ2n) is 3.98. The number of sulfonamides is 1. The molecule has 1 aliphatic rings. The van der Waals surface area contributed by atoms with Crippen molar-refractivity contribution in [2.24, 2.45) is 0 Å². The van der Waals surface area contributed by atoms with E-state index in [0.29, 0.717) is 12.8 Å². The van der Waals surface area contributed by atoms with Crippen LogP contribution in [0.2, 0.25) is 0 Å². The molecule has 1 heterocycles. The van der Waals surface area contributed by atoms with Crippen LogP contribution in [0.1, 0.15) is 26.2 Å². The first kappa shape index (κ1) is 14.9. The van der Waals surface area contributed by atoms with Crippen molar-refractivity contribution < 1.29 is 27.9 Å². The molecule has 1 atom stereocenters. The SMILES string of the molecule is CCOC(=O)CCS(=O)(=O)N1CCC[C@@H]1C(=O)O. The lowest BCUT2D eigenvalue weighted by molar-refractivity contribution is -0.142. The second kappa shape index (κ2) is 6.14. The van der Waals surface area contributed by atoms with E-state index in [4.69, 9.17) is 5.11 Å². The van der Waals surface area contributed by atoms with Crippen molar-refractivity contribution in [1.29, 1.82) is 0 Å². The number of nitrogens with zero attached hydrogens (tertiary/aromatic N) is 1. The molecule has 0 spiro atoms. The molecule has 1 aliphatic heterocycles. The van der Waals surface area contributed by atoms with Crippen LogP contribution < -0.4 is 0 Å². The van der Waals surface area contributed by atoms with Crippen LogP contribution >= 0.6 is 0 Å². The average molecular weight is 279 g/mol. The highest BCUT2D eigenvalue weighted by Gasteiger charge is 2.38. The molecule has 8 heteroatoms. The van der Waals surface area contributed by atoms with Crippen molar-refractivity contribution in [2.45, 2.75) is 32.2 Å². The van der Waals surface area contributed by atoms with Gasteiger partial charge >= 0.3 is 11.9 Å². The van der Waals surface area contributed by atoms with Crippen LogP contribution in [0.5, 0.6) is 0 Å². The Morgan fingerprint density at radius 2 is 2.11 bits per heavy atom. The van der Waals surface area contributed by atoms with Gasteiger partial charge in [-0.15, -0.1) is 0 Å². The largest absolute Gasteiger partial charge is 0.480 e. The first-order chi connectivity index (χ1) is 8.38. The van der Waals surface area contributed by atoms with Gasteiger partial charge in [-0.1, -0.05) is 0 Å². The third-order valence-electron chi connectivity index (χ3n) is 2.72. The first-order valence-corrected chi connectivity index (χ1v) is 7.37. The van der Waals surface area contributed by atoms with E-state index in [0.717, 1.165) is 4.31 Å². The molecule has 1 fully saturated rings. The molecule has 0 bridgehead atoms. The number of aliphatic carboxylic acids is 1. The molecule has 0 aromatic rings. The summed E-state index contributed by atoms with van der Waals surface area (Å²) in [5.74, 6) is -2.14. The Balaban J connectivity index is 2.63. The van der Waals surface area contributed by atoms with E-state index in [9.17, 15) is 18.0 Å². The highest BCUT2D eigenvalue weighted by atomic mass is 32.2. The van der Waals surface area contributed by atoms with E-state index >= 15 is 0 Å². The monoisotopic (exact) mass is 279 g/mol. The molecular weight excluding hydrogens is 262 g/mol. The molecule has 0 aromatic heterocycles. The predicted octanol–water partition coefficient (Wildman–Crippen LogP) is -0.182. The Kier molecular flexibility index (Phi) is 5.09. The van der Waals surface area contributed by atoms with Gasteiger partial charge in [0.05, 0.1) is 18.8 Å². The van der Waals surface area contributed by atoms with Gasteiger partial charge in [-0.25, -0.2) is 8.42 Å². The quantitative estimate of drug-likeness (QED) is 0.677. The third-order valence-corrected chi connectivity index (χ3v) is 4.59. The molecular formula is C10H17NO6S. The van der Waals surface area contributed by atoms with Crippen LogP contribution in [0, 0.1) is 0 Å². The zero-order valence-electron chi connectivity index (χ0n) is 10.2. The molecule has 1 saturated heterocycles. The standard InChI is InChI=1S/C10H17NO6S/c1-2-17-9(12)5-7-18(15,16)11-6-3-4-8(11)10(13)14/h8H,2-7H2,1H3,(H,13,14)/t8-/m1/s1. The van der Waals surface area contributed by atoms with Crippen molar-refractivity contribution in [3.05, 3.63) is 0 Å². The minimum Gasteiger partial charge on any atom is -0.480 e. The van der Waals surface area contributed by atoms with E-state index in [2.05, 4.69) is 4.74 Å². The molecule has 18 heavy (non-hydrogen) atoms. The normalized spacial score (nSPS) is 20.8. The summed E-state index contributed by atoms with van der Waals surface area (Å²) in [7, 11) is -3.72. The number of carboxylic acid groups (broad SMARTS) is 1. The van der Waals surface area contributed by atoms with E-state index in [1.54, 1.807) is 6.92 Å². The molecule has 0 amide bonds. The van der Waals surface area contributed by atoms with Crippen molar-refractivity contribution in [3.8, 4) is 0 Å². The fourth-order valence-electron chi connectivity index (χ4n) is 1.88. The number of carbonyl (C=O) groups is 2. The Bertz CT molecular complexity index is 418. The van der Waals surface area contributed by atoms with Gasteiger partial charge in [0.25, 0.3) is 0 Å². The topological polar surface area (TPSA) is 101 Å². The molecule has 104 valence electrons. The zero-order chi connectivity index (χ0) is 13.8. The summed E-state index contributed by atoms with van der Waals surface area (Å²) in [4.78, 5) is 22.0. The fourth-order valence-corrected chi connectivity index (χ4v) is 3.53. The summed E-state index contributed by atoms with van der Waals surface area (Å²) >= 11 is 0. The van der Waals surface area contributed by atoms with Gasteiger partial charge < -0.3 is 9.84 Å². The number of ether oxygens (including phenoxy) is 1. The second-order valence-corrected chi connectivity index (χ2v) is 6.02. The minimum absolute atomic E-state index is 0.195. The van der Waals surface area contributed by atoms with Crippen LogP contribution in [0.15, 0.2) is 0 Å². The number of hydrogen-bond donors (Lipinski definition) is 1. The average Bonchev–Trinajstić information content (AvgIpc) is 2.76. The summed E-state index contributed by atoms with van der Waals surface area (Å²) in [6, 6.07) is -1.00. The van der Waals surface area contributed by atoms with Gasteiger partial charge in [0.15, 0.2) is 0 Å². The van der Waals surface area contributed by atoms with Crippen molar-refractivity contribution in [1.82, 2.24) is 4.31 Å². The highest BCUT2D eigenvalue weighted by Crippen LogP contribution is 2.21. The van der Waals surface area contributed by atoms with Crippen molar-refractivity contribution in [3.63, 3.8) is 0 Å². The Labute approximate surface area is 106 Å². The number of rotatable bonds is 6. The summed E-state index contributed by atoms with van der Waals surface area (Å²) < 4.78 is 29.4. The fraction of sp³-hybridized carbons (Fsp3) is 0.800. The summed E-state index contributed by atoms with van der Waals surface area (Å²) in [5, 5.41) is 8.91. The summed E-state index contributed by atoms with van der Waals surface area (Å²) in [6.45, 7) is 2.02. The molecule has 0 radical (unpaired) electrons. The Morgan fingerprint density at radius 1 is 1.44 bits per heavy atom. The van der Waals surface area contributed by atoms with Gasteiger partial charge in [-0.05, 0) is 19.8 Å². The Morgan fingerprint density at radius 3 is 2.67 bits per heavy atom. The summed E-state index contributed by atoms with van der Waals surface area (Å²) in [5.41, 5.74) is 0. The van der Waals surface area contributed by atoms with Gasteiger partial charge in [-0.2, -0.15) is 4.31 Å². The van der Waals surface area contributed by atoms with E-state index in [-0.39, 0.29) is 19.6 Å². The first-order valence-electron chi connectivity index (χ1n) is 5.76. The maximum absolute atomic E-state index is 11.9. The lowest BCUT2D eigenvalue weighted by Crippen LogP contribution is -2.41. The molecule has 7 nitrogen and oxygen atoms in total. The van der Waals surface area contributed by atoms with Gasteiger partial charge in [-0.3, -0.25) is 9.59 Å². The van der Waals surface area contributed by atoms with Crippen LogP contribution in [0.25, 0.3) is 0 Å². The van der Waals surface area contributed by atoms with Crippen LogP contribution in [0.3, 0.4) is 0 Å². The van der Waals surface area contributed by atoms with Crippen LogP contribution in [-0.2, 0) is 24.3 Å². The van der Waals surface area contributed by atoms with E-state index in [1.165, 1.54) is 0 Å². The lowest BCUT2D eigenvalue weighted by Gasteiger charge is -2.20. The molecule has 0 aromatic carbocycles. The van der Waals surface area contributed by atoms with Crippen LogP contribution in [0.4, 0.5) is 0 Å². The lowest BCUT2D eigenvalue weighted by atomic mass is 10.2.